The number of nitriles is 1. The Morgan fingerprint density at radius 1 is 1.20 bits per heavy atom. The molecule has 1 N–H and O–H groups in total. The van der Waals surface area contributed by atoms with Gasteiger partial charge in [-0.3, -0.25) is 5.32 Å². The van der Waals surface area contributed by atoms with E-state index >= 15 is 0 Å². The lowest BCUT2D eigenvalue weighted by molar-refractivity contribution is 0.642. The van der Waals surface area contributed by atoms with Crippen molar-refractivity contribution in [2.45, 2.75) is 39.3 Å². The first kappa shape index (κ1) is 11.7. The first-order valence-corrected chi connectivity index (χ1v) is 5.35. The second-order valence-electron chi connectivity index (χ2n) is 4.13. The molecule has 0 aromatic heterocycles. The van der Waals surface area contributed by atoms with E-state index in [1.54, 1.807) is 0 Å². The molecule has 0 fully saturated rings. The maximum atomic E-state index is 8.62. The fourth-order valence-electron chi connectivity index (χ4n) is 1.34. The van der Waals surface area contributed by atoms with E-state index in [1.807, 2.05) is 6.92 Å². The zero-order valence-electron chi connectivity index (χ0n) is 9.62. The van der Waals surface area contributed by atoms with Crippen molar-refractivity contribution in [1.29, 1.82) is 5.26 Å². The molecule has 15 heavy (non-hydrogen) atoms. The molecule has 1 rings (SSSR count). The van der Waals surface area contributed by atoms with Crippen LogP contribution in [0.2, 0.25) is 0 Å². The van der Waals surface area contributed by atoms with Crippen molar-refractivity contribution in [3.63, 3.8) is 0 Å². The van der Waals surface area contributed by atoms with Crippen LogP contribution >= 0.6 is 0 Å². The molecule has 0 radical (unpaired) electrons. The third-order valence-corrected chi connectivity index (χ3v) is 2.45. The Kier molecular flexibility index (Phi) is 4.33. The molecule has 0 spiro atoms. The molecule has 1 atom stereocenters. The first-order valence-electron chi connectivity index (χ1n) is 5.35. The van der Waals surface area contributed by atoms with Crippen molar-refractivity contribution in [3.05, 3.63) is 35.4 Å². The monoisotopic (exact) mass is 202 g/mol. The molecule has 0 aliphatic rings. The predicted octanol–water partition coefficient (Wildman–Crippen LogP) is 2.81. The standard InChI is InChI=1S/C13H18N2/c1-10(2)13-6-4-12(5-7-13)9-15-11(3)8-14/h4-7,10-11,15H,9H2,1-3H3. The largest absolute Gasteiger partial charge is 0.298 e. The Hall–Kier alpha value is -1.33. The van der Waals surface area contributed by atoms with Crippen molar-refractivity contribution in [2.75, 3.05) is 0 Å². The molecule has 0 amide bonds. The van der Waals surface area contributed by atoms with Crippen LogP contribution in [0, 0.1) is 11.3 Å². The molecule has 0 heterocycles. The van der Waals surface area contributed by atoms with Crippen LogP contribution in [0.15, 0.2) is 24.3 Å². The minimum atomic E-state index is -0.0882. The average molecular weight is 202 g/mol. The van der Waals surface area contributed by atoms with E-state index in [2.05, 4.69) is 49.5 Å². The van der Waals surface area contributed by atoms with Gasteiger partial charge in [-0.2, -0.15) is 5.26 Å². The van der Waals surface area contributed by atoms with Crippen LogP contribution in [-0.2, 0) is 6.54 Å². The number of hydrogen-bond acceptors (Lipinski definition) is 2. The van der Waals surface area contributed by atoms with Crippen molar-refractivity contribution < 1.29 is 0 Å². The number of benzene rings is 1. The molecule has 0 aliphatic carbocycles. The summed E-state index contributed by atoms with van der Waals surface area (Å²) in [5.41, 5.74) is 2.58. The van der Waals surface area contributed by atoms with Gasteiger partial charge in [0, 0.05) is 6.54 Å². The minimum Gasteiger partial charge on any atom is -0.298 e. The zero-order chi connectivity index (χ0) is 11.3. The summed E-state index contributed by atoms with van der Waals surface area (Å²) in [7, 11) is 0. The highest BCUT2D eigenvalue weighted by Gasteiger charge is 2.00. The van der Waals surface area contributed by atoms with Gasteiger partial charge in [0.05, 0.1) is 12.1 Å². The Morgan fingerprint density at radius 3 is 2.27 bits per heavy atom. The van der Waals surface area contributed by atoms with Gasteiger partial charge in [-0.05, 0) is 24.0 Å². The van der Waals surface area contributed by atoms with Crippen LogP contribution in [0.5, 0.6) is 0 Å². The van der Waals surface area contributed by atoms with Crippen molar-refractivity contribution >= 4 is 0 Å². The Labute approximate surface area is 91.9 Å². The molecule has 0 saturated carbocycles. The molecule has 1 unspecified atom stereocenters. The molecule has 0 saturated heterocycles. The second kappa shape index (κ2) is 5.53. The highest BCUT2D eigenvalue weighted by Crippen LogP contribution is 2.14. The molecule has 0 bridgehead atoms. The van der Waals surface area contributed by atoms with Crippen LogP contribution in [-0.4, -0.2) is 6.04 Å². The average Bonchev–Trinajstić information content (AvgIpc) is 2.26. The van der Waals surface area contributed by atoms with Gasteiger partial charge in [0.2, 0.25) is 0 Å². The van der Waals surface area contributed by atoms with E-state index in [-0.39, 0.29) is 6.04 Å². The maximum absolute atomic E-state index is 8.62. The van der Waals surface area contributed by atoms with Crippen LogP contribution in [0.1, 0.15) is 37.8 Å². The SMILES string of the molecule is CC(C#N)NCc1ccc(C(C)C)cc1. The molecule has 1 aromatic carbocycles. The van der Waals surface area contributed by atoms with Gasteiger partial charge in [0.1, 0.15) is 0 Å². The minimum absolute atomic E-state index is 0.0882. The van der Waals surface area contributed by atoms with Crippen molar-refractivity contribution in [1.82, 2.24) is 5.32 Å². The third-order valence-electron chi connectivity index (χ3n) is 2.45. The molecule has 2 heteroatoms. The Morgan fingerprint density at radius 2 is 1.80 bits per heavy atom. The lowest BCUT2D eigenvalue weighted by Crippen LogP contribution is -2.23. The molecule has 1 aromatic rings. The van der Waals surface area contributed by atoms with E-state index < -0.39 is 0 Å². The normalized spacial score (nSPS) is 12.5. The van der Waals surface area contributed by atoms with Gasteiger partial charge < -0.3 is 0 Å². The lowest BCUT2D eigenvalue weighted by atomic mass is 10.0. The van der Waals surface area contributed by atoms with Gasteiger partial charge in [0.25, 0.3) is 0 Å². The summed E-state index contributed by atoms with van der Waals surface area (Å²) in [6, 6.07) is 10.6. The van der Waals surface area contributed by atoms with Crippen LogP contribution in [0.4, 0.5) is 0 Å². The molecule has 80 valence electrons. The predicted molar refractivity (Wildman–Crippen MR) is 62.4 cm³/mol. The topological polar surface area (TPSA) is 35.8 Å². The number of hydrogen-bond donors (Lipinski definition) is 1. The van der Waals surface area contributed by atoms with Crippen LogP contribution in [0.25, 0.3) is 0 Å². The van der Waals surface area contributed by atoms with Gasteiger partial charge >= 0.3 is 0 Å². The lowest BCUT2D eigenvalue weighted by Gasteiger charge is -2.08. The summed E-state index contributed by atoms with van der Waals surface area (Å²) in [5.74, 6) is 0.574. The van der Waals surface area contributed by atoms with Crippen molar-refractivity contribution in [3.8, 4) is 6.07 Å². The Balaban J connectivity index is 2.54. The maximum Gasteiger partial charge on any atom is 0.0927 e. The molecule has 2 nitrogen and oxygen atoms in total. The number of nitrogens with one attached hydrogen (secondary N) is 1. The number of nitrogens with zero attached hydrogens (tertiary/aromatic N) is 1. The van der Waals surface area contributed by atoms with E-state index in [4.69, 9.17) is 5.26 Å². The second-order valence-corrected chi connectivity index (χ2v) is 4.13. The summed E-state index contributed by atoms with van der Waals surface area (Å²) in [4.78, 5) is 0. The van der Waals surface area contributed by atoms with Gasteiger partial charge in [-0.25, -0.2) is 0 Å². The smallest absolute Gasteiger partial charge is 0.0927 e. The fourth-order valence-corrected chi connectivity index (χ4v) is 1.34. The summed E-state index contributed by atoms with van der Waals surface area (Å²) >= 11 is 0. The molecule has 0 aliphatic heterocycles. The number of rotatable bonds is 4. The van der Waals surface area contributed by atoms with Crippen LogP contribution < -0.4 is 5.32 Å². The first-order chi connectivity index (χ1) is 7.13. The summed E-state index contributed by atoms with van der Waals surface area (Å²) in [6.45, 7) is 6.99. The van der Waals surface area contributed by atoms with E-state index in [9.17, 15) is 0 Å². The van der Waals surface area contributed by atoms with E-state index in [0.29, 0.717) is 5.92 Å². The summed E-state index contributed by atoms with van der Waals surface area (Å²) < 4.78 is 0. The van der Waals surface area contributed by atoms with E-state index in [0.717, 1.165) is 6.54 Å². The van der Waals surface area contributed by atoms with Gasteiger partial charge in [-0.15, -0.1) is 0 Å². The summed E-state index contributed by atoms with van der Waals surface area (Å²) in [5, 5.41) is 11.8. The molecular weight excluding hydrogens is 184 g/mol. The van der Waals surface area contributed by atoms with Crippen molar-refractivity contribution in [2.24, 2.45) is 0 Å². The van der Waals surface area contributed by atoms with E-state index in [1.165, 1.54) is 11.1 Å². The van der Waals surface area contributed by atoms with Gasteiger partial charge in [0.15, 0.2) is 0 Å². The Bertz CT molecular complexity index is 333. The summed E-state index contributed by atoms with van der Waals surface area (Å²) in [6.07, 6.45) is 0. The quantitative estimate of drug-likeness (QED) is 0.815. The third kappa shape index (κ3) is 3.73. The van der Waals surface area contributed by atoms with Gasteiger partial charge in [-0.1, -0.05) is 38.1 Å². The highest BCUT2D eigenvalue weighted by atomic mass is 14.9. The highest BCUT2D eigenvalue weighted by molar-refractivity contribution is 5.24. The molecular formula is C13H18N2. The van der Waals surface area contributed by atoms with Crippen LogP contribution in [0.3, 0.4) is 0 Å². The fraction of sp³-hybridized carbons (Fsp3) is 0.462. The zero-order valence-corrected chi connectivity index (χ0v) is 9.62.